The van der Waals surface area contributed by atoms with E-state index in [0.717, 1.165) is 6.07 Å². The summed E-state index contributed by atoms with van der Waals surface area (Å²) in [4.78, 5) is 13.7. The molecule has 16 heavy (non-hydrogen) atoms. The van der Waals surface area contributed by atoms with E-state index in [-0.39, 0.29) is 17.1 Å². The van der Waals surface area contributed by atoms with Gasteiger partial charge in [0.2, 0.25) is 5.95 Å². The van der Waals surface area contributed by atoms with Crippen molar-refractivity contribution in [2.45, 2.75) is 18.7 Å². The lowest BCUT2D eigenvalue weighted by molar-refractivity contribution is -0.136. The van der Waals surface area contributed by atoms with Crippen LogP contribution < -0.4 is 0 Å². The molecule has 1 aromatic heterocycles. The lowest BCUT2D eigenvalue weighted by atomic mass is 10.1. The van der Waals surface area contributed by atoms with Gasteiger partial charge in [0.1, 0.15) is 0 Å². The molecular formula is C9H7ClF3NO2. The monoisotopic (exact) mass is 253 g/mol. The number of hydrogen-bond acceptors (Lipinski definition) is 2. The molecule has 1 aromatic rings. The zero-order valence-corrected chi connectivity index (χ0v) is 8.64. The molecule has 0 spiro atoms. The molecule has 0 aliphatic rings. The minimum Gasteiger partial charge on any atom is -0.481 e. The summed E-state index contributed by atoms with van der Waals surface area (Å²) in [6.07, 6.45) is -3.56. The third-order valence-electron chi connectivity index (χ3n) is 1.88. The Morgan fingerprint density at radius 1 is 1.56 bits per heavy atom. The van der Waals surface area contributed by atoms with E-state index >= 15 is 0 Å². The summed E-state index contributed by atoms with van der Waals surface area (Å²) in [7, 11) is 0. The molecular weight excluding hydrogens is 247 g/mol. The quantitative estimate of drug-likeness (QED) is 0.663. The van der Waals surface area contributed by atoms with Crippen molar-refractivity contribution in [1.29, 1.82) is 0 Å². The highest BCUT2D eigenvalue weighted by molar-refractivity contribution is 6.17. The van der Waals surface area contributed by atoms with Crippen LogP contribution in [0.5, 0.6) is 0 Å². The van der Waals surface area contributed by atoms with E-state index in [0.29, 0.717) is 0 Å². The maximum Gasteiger partial charge on any atom is 0.307 e. The van der Waals surface area contributed by atoms with Crippen LogP contribution in [0.1, 0.15) is 23.2 Å². The Hall–Kier alpha value is -1.30. The Morgan fingerprint density at radius 3 is 2.62 bits per heavy atom. The Balaban J connectivity index is 3.22. The third kappa shape index (κ3) is 2.85. The van der Waals surface area contributed by atoms with Crippen molar-refractivity contribution in [1.82, 2.24) is 4.98 Å². The first-order chi connectivity index (χ1) is 7.45. The van der Waals surface area contributed by atoms with E-state index in [9.17, 15) is 18.0 Å². The van der Waals surface area contributed by atoms with Gasteiger partial charge >= 0.3 is 5.97 Å². The van der Waals surface area contributed by atoms with Crippen LogP contribution in [0.2, 0.25) is 0 Å². The molecule has 0 aliphatic heterocycles. The molecule has 0 aromatic carbocycles. The fraction of sp³-hybridized carbons (Fsp3) is 0.333. The van der Waals surface area contributed by atoms with Crippen molar-refractivity contribution < 1.29 is 23.1 Å². The fourth-order valence-electron chi connectivity index (χ4n) is 1.17. The van der Waals surface area contributed by atoms with Crippen LogP contribution in [0.4, 0.5) is 13.2 Å². The number of rotatable bonds is 4. The number of carboxylic acid groups (broad SMARTS) is 1. The van der Waals surface area contributed by atoms with E-state index in [1.54, 1.807) is 0 Å². The van der Waals surface area contributed by atoms with E-state index in [4.69, 9.17) is 16.7 Å². The van der Waals surface area contributed by atoms with Crippen LogP contribution in [0.25, 0.3) is 0 Å². The van der Waals surface area contributed by atoms with Gasteiger partial charge in [0, 0.05) is 0 Å². The first-order valence-electron chi connectivity index (χ1n) is 4.19. The molecule has 0 bridgehead atoms. The average Bonchev–Trinajstić information content (AvgIpc) is 2.18. The van der Waals surface area contributed by atoms with Gasteiger partial charge in [-0.2, -0.15) is 4.39 Å². The average molecular weight is 254 g/mol. The molecule has 0 unspecified atom stereocenters. The summed E-state index contributed by atoms with van der Waals surface area (Å²) in [5.41, 5.74) is -0.949. The minimum atomic E-state index is -3.04. The van der Waals surface area contributed by atoms with Crippen LogP contribution in [-0.4, -0.2) is 16.1 Å². The van der Waals surface area contributed by atoms with Crippen LogP contribution in [-0.2, 0) is 17.1 Å². The number of pyridine rings is 1. The predicted octanol–water partition coefficient (Wildman–Crippen LogP) is 2.52. The Bertz CT molecular complexity index is 412. The summed E-state index contributed by atoms with van der Waals surface area (Å²) in [5, 5.41) is 8.53. The van der Waals surface area contributed by atoms with Gasteiger partial charge < -0.3 is 5.11 Å². The Kier molecular flexibility index (Phi) is 4.12. The number of halogens is 4. The molecule has 0 radical (unpaired) electrons. The summed E-state index contributed by atoms with van der Waals surface area (Å²) >= 11 is 5.41. The first kappa shape index (κ1) is 12.8. The highest BCUT2D eigenvalue weighted by Crippen LogP contribution is 2.24. The van der Waals surface area contributed by atoms with Crippen molar-refractivity contribution in [2.75, 3.05) is 0 Å². The highest BCUT2D eigenvalue weighted by atomic mass is 35.5. The second-order valence-electron chi connectivity index (χ2n) is 2.98. The molecule has 0 amide bonds. The summed E-state index contributed by atoms with van der Waals surface area (Å²) < 4.78 is 37.6. The van der Waals surface area contributed by atoms with Gasteiger partial charge in [0.25, 0.3) is 6.43 Å². The van der Waals surface area contributed by atoms with Crippen LogP contribution in [0.15, 0.2) is 6.07 Å². The highest BCUT2D eigenvalue weighted by Gasteiger charge is 2.19. The van der Waals surface area contributed by atoms with Gasteiger partial charge in [0.05, 0.1) is 23.6 Å². The third-order valence-corrected chi connectivity index (χ3v) is 2.13. The van der Waals surface area contributed by atoms with Gasteiger partial charge in [-0.15, -0.1) is 11.6 Å². The lowest BCUT2D eigenvalue weighted by Gasteiger charge is -2.08. The Morgan fingerprint density at radius 2 is 2.19 bits per heavy atom. The van der Waals surface area contributed by atoms with Crippen molar-refractivity contribution in [2.24, 2.45) is 0 Å². The predicted molar refractivity (Wildman–Crippen MR) is 50.0 cm³/mol. The van der Waals surface area contributed by atoms with Crippen molar-refractivity contribution in [3.8, 4) is 0 Å². The van der Waals surface area contributed by atoms with Crippen molar-refractivity contribution in [3.63, 3.8) is 0 Å². The SMILES string of the molecule is O=C(O)Cc1cc(C(F)F)c(F)nc1CCl. The number of carboxylic acids is 1. The van der Waals surface area contributed by atoms with Gasteiger partial charge in [-0.1, -0.05) is 0 Å². The number of alkyl halides is 3. The lowest BCUT2D eigenvalue weighted by Crippen LogP contribution is -2.08. The van der Waals surface area contributed by atoms with Crippen LogP contribution in [0.3, 0.4) is 0 Å². The van der Waals surface area contributed by atoms with Crippen molar-refractivity contribution in [3.05, 3.63) is 28.8 Å². The van der Waals surface area contributed by atoms with Gasteiger partial charge in [0.15, 0.2) is 0 Å². The molecule has 0 aliphatic carbocycles. The number of aromatic nitrogens is 1. The fourth-order valence-corrected chi connectivity index (χ4v) is 1.40. The van der Waals surface area contributed by atoms with Crippen LogP contribution >= 0.6 is 11.6 Å². The van der Waals surface area contributed by atoms with E-state index in [1.165, 1.54) is 0 Å². The van der Waals surface area contributed by atoms with E-state index in [1.807, 2.05) is 0 Å². The second kappa shape index (κ2) is 5.16. The van der Waals surface area contributed by atoms with Gasteiger partial charge in [-0.3, -0.25) is 4.79 Å². The molecule has 88 valence electrons. The zero-order valence-electron chi connectivity index (χ0n) is 7.88. The van der Waals surface area contributed by atoms with Gasteiger partial charge in [-0.25, -0.2) is 13.8 Å². The number of nitrogens with zero attached hydrogens (tertiary/aromatic N) is 1. The number of hydrogen-bond donors (Lipinski definition) is 1. The first-order valence-corrected chi connectivity index (χ1v) is 4.73. The second-order valence-corrected chi connectivity index (χ2v) is 3.25. The largest absolute Gasteiger partial charge is 0.481 e. The molecule has 1 rings (SSSR count). The maximum absolute atomic E-state index is 13.0. The minimum absolute atomic E-state index is 0.000741. The molecule has 7 heteroatoms. The molecule has 1 N–H and O–H groups in total. The maximum atomic E-state index is 13.0. The molecule has 0 fully saturated rings. The molecule has 3 nitrogen and oxygen atoms in total. The standard InChI is InChI=1S/C9H7ClF3NO2/c10-3-6-4(2-7(15)16)1-5(8(11)12)9(13)14-6/h1,8H,2-3H2,(H,15,16). The number of aliphatic carboxylic acids is 1. The Labute approximate surface area is 93.9 Å². The van der Waals surface area contributed by atoms with Crippen LogP contribution in [0, 0.1) is 5.95 Å². The van der Waals surface area contributed by atoms with Crippen molar-refractivity contribution >= 4 is 17.6 Å². The molecule has 1 heterocycles. The summed E-state index contributed by atoms with van der Waals surface area (Å²) in [6, 6.07) is 0.791. The summed E-state index contributed by atoms with van der Waals surface area (Å²) in [6.45, 7) is 0. The number of carbonyl (C=O) groups is 1. The van der Waals surface area contributed by atoms with E-state index in [2.05, 4.69) is 4.98 Å². The topological polar surface area (TPSA) is 50.2 Å². The summed E-state index contributed by atoms with van der Waals surface area (Å²) in [5.74, 6) is -2.77. The normalized spacial score (nSPS) is 10.8. The van der Waals surface area contributed by atoms with Gasteiger partial charge in [-0.05, 0) is 11.6 Å². The zero-order chi connectivity index (χ0) is 12.3. The molecule has 0 saturated heterocycles. The smallest absolute Gasteiger partial charge is 0.307 e. The molecule has 0 saturated carbocycles. The van der Waals surface area contributed by atoms with E-state index < -0.39 is 30.3 Å². The molecule has 0 atom stereocenters.